The number of hydrogen-bond donors (Lipinski definition) is 2. The van der Waals surface area contributed by atoms with Crippen molar-refractivity contribution in [3.63, 3.8) is 0 Å². The predicted molar refractivity (Wildman–Crippen MR) is 54.3 cm³/mol. The van der Waals surface area contributed by atoms with Crippen LogP contribution >= 0.6 is 0 Å². The first kappa shape index (κ1) is 11.3. The zero-order valence-electron chi connectivity index (χ0n) is 9.19. The zero-order valence-corrected chi connectivity index (χ0v) is 9.19. The van der Waals surface area contributed by atoms with Crippen LogP contribution < -0.4 is 0 Å². The molecule has 2 fully saturated rings. The standard InChI is InChI=1S/C11H20O4/c1-2-3-4-5-8-9-10(12)15-7-11(9,13)6-14-8/h8-10,12-13H,2-7H2,1H3/t8-,9+,10-,11+/m0/s1. The molecule has 0 spiro atoms. The second kappa shape index (κ2) is 4.37. The van der Waals surface area contributed by atoms with Crippen LogP contribution in [0, 0.1) is 5.92 Å². The lowest BCUT2D eigenvalue weighted by molar-refractivity contribution is -0.109. The number of hydrogen-bond acceptors (Lipinski definition) is 4. The maximum atomic E-state index is 10.1. The minimum atomic E-state index is -0.948. The van der Waals surface area contributed by atoms with Crippen LogP contribution in [-0.4, -0.2) is 41.4 Å². The van der Waals surface area contributed by atoms with E-state index in [2.05, 4.69) is 6.92 Å². The van der Waals surface area contributed by atoms with Crippen molar-refractivity contribution in [2.24, 2.45) is 5.92 Å². The number of aliphatic hydroxyl groups is 2. The molecule has 0 unspecified atom stereocenters. The first-order chi connectivity index (χ1) is 7.17. The van der Waals surface area contributed by atoms with Crippen molar-refractivity contribution < 1.29 is 19.7 Å². The molecule has 2 rings (SSSR count). The molecule has 0 radical (unpaired) electrons. The monoisotopic (exact) mass is 216 g/mol. The lowest BCUT2D eigenvalue weighted by Crippen LogP contribution is -2.40. The van der Waals surface area contributed by atoms with Gasteiger partial charge < -0.3 is 19.7 Å². The lowest BCUT2D eigenvalue weighted by atomic mass is 9.87. The van der Waals surface area contributed by atoms with Crippen molar-refractivity contribution in [3.8, 4) is 0 Å². The van der Waals surface area contributed by atoms with E-state index < -0.39 is 11.9 Å². The van der Waals surface area contributed by atoms with Crippen LogP contribution in [0.1, 0.15) is 32.6 Å². The highest BCUT2D eigenvalue weighted by molar-refractivity contribution is 5.01. The van der Waals surface area contributed by atoms with Crippen LogP contribution in [0.2, 0.25) is 0 Å². The largest absolute Gasteiger partial charge is 0.384 e. The molecule has 4 atom stereocenters. The van der Waals surface area contributed by atoms with Gasteiger partial charge in [0.05, 0.1) is 25.2 Å². The third kappa shape index (κ3) is 2.04. The van der Waals surface area contributed by atoms with E-state index in [0.717, 1.165) is 12.8 Å². The Bertz CT molecular complexity index is 221. The third-order valence-electron chi connectivity index (χ3n) is 3.47. The van der Waals surface area contributed by atoms with E-state index in [1.807, 2.05) is 0 Å². The van der Waals surface area contributed by atoms with E-state index in [4.69, 9.17) is 9.47 Å². The Morgan fingerprint density at radius 2 is 2.00 bits per heavy atom. The van der Waals surface area contributed by atoms with Gasteiger partial charge in [-0.25, -0.2) is 0 Å². The van der Waals surface area contributed by atoms with Crippen molar-refractivity contribution in [2.45, 2.75) is 50.6 Å². The van der Waals surface area contributed by atoms with Gasteiger partial charge >= 0.3 is 0 Å². The second-order valence-electron chi connectivity index (χ2n) is 4.68. The quantitative estimate of drug-likeness (QED) is 0.678. The molecule has 0 aromatic carbocycles. The van der Waals surface area contributed by atoms with Crippen LogP contribution in [0.3, 0.4) is 0 Å². The summed E-state index contributed by atoms with van der Waals surface area (Å²) in [6.45, 7) is 2.65. The summed E-state index contributed by atoms with van der Waals surface area (Å²) in [6, 6.07) is 0. The molecule has 0 bridgehead atoms. The van der Waals surface area contributed by atoms with Crippen molar-refractivity contribution >= 4 is 0 Å². The molecule has 0 saturated carbocycles. The first-order valence-electron chi connectivity index (χ1n) is 5.81. The summed E-state index contributed by atoms with van der Waals surface area (Å²) in [6.07, 6.45) is 3.42. The van der Waals surface area contributed by atoms with Gasteiger partial charge in [-0.2, -0.15) is 0 Å². The van der Waals surface area contributed by atoms with Gasteiger partial charge in [-0.15, -0.1) is 0 Å². The Balaban J connectivity index is 1.91. The van der Waals surface area contributed by atoms with Crippen LogP contribution in [0.5, 0.6) is 0 Å². The van der Waals surface area contributed by atoms with Gasteiger partial charge in [0, 0.05) is 0 Å². The molecule has 0 aromatic rings. The van der Waals surface area contributed by atoms with Crippen molar-refractivity contribution in [1.82, 2.24) is 0 Å². The average Bonchev–Trinajstić information content (AvgIpc) is 2.67. The molecule has 0 aliphatic carbocycles. The molecular formula is C11H20O4. The number of fused-ring (bicyclic) bond motifs is 1. The molecule has 2 saturated heterocycles. The van der Waals surface area contributed by atoms with E-state index in [1.54, 1.807) is 0 Å². The molecule has 88 valence electrons. The summed E-state index contributed by atoms with van der Waals surface area (Å²) in [5.74, 6) is -0.255. The fourth-order valence-electron chi connectivity index (χ4n) is 2.58. The Hall–Kier alpha value is -0.160. The highest BCUT2D eigenvalue weighted by Crippen LogP contribution is 2.41. The summed E-state index contributed by atoms with van der Waals surface area (Å²) in [5.41, 5.74) is -0.948. The Morgan fingerprint density at radius 1 is 1.27 bits per heavy atom. The molecule has 2 N–H and O–H groups in total. The summed E-state index contributed by atoms with van der Waals surface area (Å²) in [5, 5.41) is 19.7. The Kier molecular flexibility index (Phi) is 3.30. The smallest absolute Gasteiger partial charge is 0.162 e. The minimum Gasteiger partial charge on any atom is -0.384 e. The van der Waals surface area contributed by atoms with E-state index >= 15 is 0 Å². The number of unbranched alkanes of at least 4 members (excludes halogenated alkanes) is 2. The third-order valence-corrected chi connectivity index (χ3v) is 3.47. The topological polar surface area (TPSA) is 58.9 Å². The van der Waals surface area contributed by atoms with Crippen LogP contribution in [0.4, 0.5) is 0 Å². The van der Waals surface area contributed by atoms with E-state index in [-0.39, 0.29) is 18.6 Å². The summed E-state index contributed by atoms with van der Waals surface area (Å²) in [4.78, 5) is 0. The molecule has 0 amide bonds. The van der Waals surface area contributed by atoms with Gasteiger partial charge in [0.1, 0.15) is 5.60 Å². The van der Waals surface area contributed by atoms with E-state index in [1.165, 1.54) is 12.8 Å². The molecule has 4 heteroatoms. The molecule has 2 heterocycles. The SMILES string of the molecule is CCCCC[C@@H]1OC[C@@]2(O)CO[C@H](O)[C@@H]12. The average molecular weight is 216 g/mol. The molecule has 2 aliphatic rings. The number of ether oxygens (including phenoxy) is 2. The minimum absolute atomic E-state index is 0.0425. The van der Waals surface area contributed by atoms with Gasteiger partial charge in [0.25, 0.3) is 0 Å². The fraction of sp³-hybridized carbons (Fsp3) is 1.00. The molecule has 4 nitrogen and oxygen atoms in total. The highest BCUT2D eigenvalue weighted by atomic mass is 16.6. The Morgan fingerprint density at radius 3 is 2.73 bits per heavy atom. The molecule has 15 heavy (non-hydrogen) atoms. The maximum Gasteiger partial charge on any atom is 0.162 e. The number of aliphatic hydroxyl groups excluding tert-OH is 1. The van der Waals surface area contributed by atoms with Crippen molar-refractivity contribution in [3.05, 3.63) is 0 Å². The molecular weight excluding hydrogens is 196 g/mol. The van der Waals surface area contributed by atoms with E-state index in [9.17, 15) is 10.2 Å². The predicted octanol–water partition coefficient (Wildman–Crippen LogP) is 0.661. The second-order valence-corrected chi connectivity index (χ2v) is 4.68. The van der Waals surface area contributed by atoms with Crippen LogP contribution in [0.15, 0.2) is 0 Å². The van der Waals surface area contributed by atoms with Gasteiger partial charge in [-0.1, -0.05) is 26.2 Å². The van der Waals surface area contributed by atoms with Gasteiger partial charge in [-0.05, 0) is 6.42 Å². The molecule has 0 aromatic heterocycles. The maximum absolute atomic E-state index is 10.1. The van der Waals surface area contributed by atoms with Crippen molar-refractivity contribution in [1.29, 1.82) is 0 Å². The zero-order chi connectivity index (χ0) is 10.9. The Labute approximate surface area is 90.2 Å². The first-order valence-corrected chi connectivity index (χ1v) is 5.81. The molecule has 2 aliphatic heterocycles. The highest BCUT2D eigenvalue weighted by Gasteiger charge is 2.56. The van der Waals surface area contributed by atoms with Crippen LogP contribution in [0.25, 0.3) is 0 Å². The normalized spacial score (nSPS) is 44.6. The van der Waals surface area contributed by atoms with Crippen molar-refractivity contribution in [2.75, 3.05) is 13.2 Å². The number of rotatable bonds is 4. The van der Waals surface area contributed by atoms with Gasteiger partial charge in [0.2, 0.25) is 0 Å². The fourth-order valence-corrected chi connectivity index (χ4v) is 2.58. The summed E-state index contributed by atoms with van der Waals surface area (Å²) < 4.78 is 10.6. The summed E-state index contributed by atoms with van der Waals surface area (Å²) >= 11 is 0. The van der Waals surface area contributed by atoms with Crippen LogP contribution in [-0.2, 0) is 9.47 Å². The van der Waals surface area contributed by atoms with Gasteiger partial charge in [0.15, 0.2) is 6.29 Å². The summed E-state index contributed by atoms with van der Waals surface area (Å²) in [7, 11) is 0. The van der Waals surface area contributed by atoms with Gasteiger partial charge in [-0.3, -0.25) is 0 Å². The van der Waals surface area contributed by atoms with E-state index in [0.29, 0.717) is 6.61 Å². The lowest BCUT2D eigenvalue weighted by Gasteiger charge is -2.22.